The van der Waals surface area contributed by atoms with Crippen molar-refractivity contribution in [2.45, 2.75) is 90.8 Å². The van der Waals surface area contributed by atoms with Gasteiger partial charge in [0.1, 0.15) is 11.7 Å². The smallest absolute Gasteiger partial charge is 0.262 e. The molecule has 2 N–H and O–H groups in total. The molecule has 50 heavy (non-hydrogen) atoms. The number of amides is 5. The lowest BCUT2D eigenvalue weighted by Gasteiger charge is -2.57. The van der Waals surface area contributed by atoms with Crippen LogP contribution in [0.1, 0.15) is 109 Å². The molecule has 262 valence electrons. The van der Waals surface area contributed by atoms with Crippen LogP contribution in [0.25, 0.3) is 0 Å². The van der Waals surface area contributed by atoms with Crippen LogP contribution >= 0.6 is 0 Å². The third kappa shape index (κ3) is 6.41. The topological polar surface area (TPSA) is 132 Å². The third-order valence-electron chi connectivity index (χ3n) is 11.5. The van der Waals surface area contributed by atoms with Crippen molar-refractivity contribution < 1.29 is 24.0 Å². The number of carbonyl (C=O) groups is 5. The molecule has 3 saturated heterocycles. The van der Waals surface area contributed by atoms with Gasteiger partial charge in [-0.15, -0.1) is 0 Å². The molecule has 5 aliphatic rings. The van der Waals surface area contributed by atoms with Gasteiger partial charge in [0.25, 0.3) is 17.7 Å². The number of nitrogens with zero attached hydrogens (tertiary/aromatic N) is 4. The Labute approximate surface area is 293 Å². The quantitative estimate of drug-likeness (QED) is 0.361. The fraction of sp³-hybridized carbons (Fsp3) is 0.538. The van der Waals surface area contributed by atoms with E-state index in [-0.39, 0.29) is 41.5 Å². The Kier molecular flexibility index (Phi) is 8.79. The molecular formula is C39H46N6O5. The summed E-state index contributed by atoms with van der Waals surface area (Å²) in [6, 6.07) is 8.66. The monoisotopic (exact) mass is 678 g/mol. The Bertz CT molecular complexity index is 1780. The van der Waals surface area contributed by atoms with E-state index in [1.165, 1.54) is 0 Å². The lowest BCUT2D eigenvalue weighted by molar-refractivity contribution is -0.136. The minimum absolute atomic E-state index is 0.0849. The van der Waals surface area contributed by atoms with Crippen LogP contribution in [-0.4, -0.2) is 88.6 Å². The van der Waals surface area contributed by atoms with Gasteiger partial charge in [0.05, 0.1) is 16.7 Å². The van der Waals surface area contributed by atoms with Crippen LogP contribution in [0.4, 0.5) is 5.69 Å². The first-order chi connectivity index (χ1) is 23.8. The zero-order valence-electron chi connectivity index (χ0n) is 29.4. The van der Waals surface area contributed by atoms with Crippen LogP contribution < -0.4 is 15.5 Å². The Balaban J connectivity index is 0.881. The molecule has 1 aliphatic carbocycles. The highest BCUT2D eigenvalue weighted by atomic mass is 16.2. The maximum absolute atomic E-state index is 13.3. The van der Waals surface area contributed by atoms with Crippen LogP contribution in [0.15, 0.2) is 36.5 Å². The highest BCUT2D eigenvalue weighted by Crippen LogP contribution is 2.53. The largest absolute Gasteiger partial charge is 0.371 e. The normalized spacial score (nSPS) is 24.3. The summed E-state index contributed by atoms with van der Waals surface area (Å²) in [6.45, 7) is 12.5. The maximum Gasteiger partial charge on any atom is 0.262 e. The van der Waals surface area contributed by atoms with E-state index in [2.05, 4.69) is 65.0 Å². The summed E-state index contributed by atoms with van der Waals surface area (Å²) < 4.78 is 0. The highest BCUT2D eigenvalue weighted by Gasteiger charge is 2.53. The Morgan fingerprint density at radius 2 is 1.58 bits per heavy atom. The van der Waals surface area contributed by atoms with E-state index in [1.54, 1.807) is 18.3 Å². The van der Waals surface area contributed by atoms with Crippen LogP contribution in [0.3, 0.4) is 0 Å². The average Bonchev–Trinajstić information content (AvgIpc) is 3.34. The molecule has 0 spiro atoms. The molecule has 4 aliphatic heterocycles. The molecular weight excluding hydrogens is 632 g/mol. The number of benzene rings is 1. The van der Waals surface area contributed by atoms with E-state index in [0.717, 1.165) is 68.9 Å². The minimum Gasteiger partial charge on any atom is -0.371 e. The van der Waals surface area contributed by atoms with Crippen molar-refractivity contribution in [3.63, 3.8) is 0 Å². The van der Waals surface area contributed by atoms with Gasteiger partial charge in [0.2, 0.25) is 11.8 Å². The number of hydrogen-bond acceptors (Lipinski definition) is 8. The van der Waals surface area contributed by atoms with Crippen molar-refractivity contribution in [1.82, 2.24) is 25.4 Å². The zero-order valence-corrected chi connectivity index (χ0v) is 29.4. The van der Waals surface area contributed by atoms with Crippen LogP contribution in [0.2, 0.25) is 0 Å². The molecule has 5 amide bonds. The molecule has 0 bridgehead atoms. The highest BCUT2D eigenvalue weighted by molar-refractivity contribution is 6.23. The number of likely N-dealkylation sites (tertiary alicyclic amines) is 1. The molecule has 1 aromatic carbocycles. The van der Waals surface area contributed by atoms with Crippen molar-refractivity contribution in [2.75, 3.05) is 31.1 Å². The molecule has 2 aromatic rings. The van der Waals surface area contributed by atoms with E-state index < -0.39 is 23.8 Å². The lowest BCUT2D eigenvalue weighted by atomic mass is 9.52. The summed E-state index contributed by atoms with van der Waals surface area (Å²) in [5.41, 5.74) is 2.94. The van der Waals surface area contributed by atoms with E-state index in [4.69, 9.17) is 0 Å². The number of rotatable bonds is 5. The number of carbonyl (C=O) groups excluding carboxylic acids is 5. The molecule has 11 nitrogen and oxygen atoms in total. The Morgan fingerprint density at radius 3 is 2.22 bits per heavy atom. The third-order valence-corrected chi connectivity index (χ3v) is 11.5. The number of aromatic nitrogens is 1. The van der Waals surface area contributed by atoms with E-state index in [1.807, 2.05) is 18.2 Å². The lowest BCUT2D eigenvalue weighted by Crippen LogP contribution is -2.63. The second-order valence-corrected chi connectivity index (χ2v) is 16.0. The summed E-state index contributed by atoms with van der Waals surface area (Å²) in [6.07, 6.45) is 6.97. The van der Waals surface area contributed by atoms with Crippen LogP contribution in [0, 0.1) is 28.6 Å². The van der Waals surface area contributed by atoms with Gasteiger partial charge in [0, 0.05) is 49.4 Å². The molecule has 1 atom stereocenters. The Morgan fingerprint density at radius 1 is 0.880 bits per heavy atom. The molecule has 1 aromatic heterocycles. The molecule has 5 heterocycles. The summed E-state index contributed by atoms with van der Waals surface area (Å²) in [7, 11) is 0. The van der Waals surface area contributed by atoms with Crippen molar-refractivity contribution in [3.05, 3.63) is 58.9 Å². The standard InChI is InChI=1S/C39H46N6O5/c1-38(2)23-39(3,4)37(38)42-33(47)25-6-8-26(40-22-25)7-5-24-13-17-43(18-14-24)27-15-19-44(20-16-27)28-9-10-29-30(21-28)36(50)45(35(29)49)31-11-12-32(46)41-34(31)48/h6,8-10,21-22,24,27,31,37H,11-20,23H2,1-4H3,(H,42,47)(H,41,46,48). The van der Waals surface area contributed by atoms with Crippen LogP contribution in [0.5, 0.6) is 0 Å². The molecule has 11 heteroatoms. The summed E-state index contributed by atoms with van der Waals surface area (Å²) >= 11 is 0. The van der Waals surface area contributed by atoms with Gasteiger partial charge in [-0.1, -0.05) is 33.6 Å². The minimum atomic E-state index is -0.963. The van der Waals surface area contributed by atoms with Gasteiger partial charge in [-0.3, -0.25) is 34.2 Å². The number of nitrogens with one attached hydrogen (secondary N) is 2. The summed E-state index contributed by atoms with van der Waals surface area (Å²) in [5, 5.41) is 5.46. The first-order valence-corrected chi connectivity index (χ1v) is 17.9. The first kappa shape index (κ1) is 33.9. The number of pyridine rings is 1. The van der Waals surface area contributed by atoms with Crippen molar-refractivity contribution in [1.29, 1.82) is 0 Å². The second-order valence-electron chi connectivity index (χ2n) is 16.0. The number of fused-ring (bicyclic) bond motifs is 1. The number of hydrogen-bond donors (Lipinski definition) is 2. The average molecular weight is 679 g/mol. The predicted molar refractivity (Wildman–Crippen MR) is 187 cm³/mol. The predicted octanol–water partition coefficient (Wildman–Crippen LogP) is 3.77. The number of anilines is 1. The molecule has 1 saturated carbocycles. The van der Waals surface area contributed by atoms with Crippen LogP contribution in [-0.2, 0) is 9.59 Å². The fourth-order valence-electron chi connectivity index (χ4n) is 9.24. The SMILES string of the molecule is CC1(C)CC(C)(C)C1NC(=O)c1ccc(C#CC2CCN(C3CCN(c4ccc5c(c4)C(=O)N(C4CCC(=O)NC4=O)C5=O)CC3)CC2)nc1. The summed E-state index contributed by atoms with van der Waals surface area (Å²) in [5.74, 6) is 4.94. The Hall–Kier alpha value is -4.56. The molecule has 4 fully saturated rings. The molecule has 7 rings (SSSR count). The maximum atomic E-state index is 13.3. The van der Waals surface area contributed by atoms with Gasteiger partial charge >= 0.3 is 0 Å². The number of piperidine rings is 3. The van der Waals surface area contributed by atoms with Gasteiger partial charge in [-0.2, -0.15) is 0 Å². The summed E-state index contributed by atoms with van der Waals surface area (Å²) in [4.78, 5) is 73.6. The fourth-order valence-corrected chi connectivity index (χ4v) is 9.24. The van der Waals surface area contributed by atoms with E-state index in [9.17, 15) is 24.0 Å². The van der Waals surface area contributed by atoms with Crippen molar-refractivity contribution in [3.8, 4) is 11.8 Å². The molecule has 1 unspecified atom stereocenters. The van der Waals surface area contributed by atoms with Gasteiger partial charge in [-0.25, -0.2) is 4.98 Å². The number of imide groups is 2. The van der Waals surface area contributed by atoms with Gasteiger partial charge in [0.15, 0.2) is 0 Å². The van der Waals surface area contributed by atoms with E-state index >= 15 is 0 Å². The van der Waals surface area contributed by atoms with Crippen molar-refractivity contribution >= 4 is 35.2 Å². The van der Waals surface area contributed by atoms with Crippen molar-refractivity contribution in [2.24, 2.45) is 16.7 Å². The zero-order chi connectivity index (χ0) is 35.4. The van der Waals surface area contributed by atoms with Gasteiger partial charge in [-0.05, 0) is 98.7 Å². The second kappa shape index (κ2) is 13.0. The molecule has 0 radical (unpaired) electrons. The first-order valence-electron chi connectivity index (χ1n) is 17.9. The van der Waals surface area contributed by atoms with Gasteiger partial charge < -0.3 is 15.1 Å². The van der Waals surface area contributed by atoms with E-state index in [0.29, 0.717) is 34.3 Å².